The summed E-state index contributed by atoms with van der Waals surface area (Å²) in [5, 5.41) is 25.1. The first-order chi connectivity index (χ1) is 9.06. The number of hydrogen-bond acceptors (Lipinski definition) is 6. The number of non-ortho nitro benzene ring substituents is 1. The lowest BCUT2D eigenvalue weighted by molar-refractivity contribution is -0.393. The summed E-state index contributed by atoms with van der Waals surface area (Å²) in [5.74, 6) is 0. The highest BCUT2D eigenvalue weighted by Gasteiger charge is 2.18. The van der Waals surface area contributed by atoms with Gasteiger partial charge >= 0.3 is 5.69 Å². The van der Waals surface area contributed by atoms with Gasteiger partial charge in [0.15, 0.2) is 0 Å². The molecule has 0 aliphatic heterocycles. The van der Waals surface area contributed by atoms with Crippen molar-refractivity contribution in [2.75, 3.05) is 5.43 Å². The lowest BCUT2D eigenvalue weighted by Crippen LogP contribution is -1.98. The molecule has 0 spiro atoms. The fourth-order valence-electron chi connectivity index (χ4n) is 1.23. The molecule has 0 bridgehead atoms. The van der Waals surface area contributed by atoms with Crippen molar-refractivity contribution in [1.82, 2.24) is 0 Å². The number of rotatable bonds is 6. The average molecular weight is 264 g/mol. The largest absolute Gasteiger partial charge is 0.301 e. The van der Waals surface area contributed by atoms with Gasteiger partial charge in [0.1, 0.15) is 5.69 Å². The van der Waals surface area contributed by atoms with Crippen LogP contribution in [0.3, 0.4) is 0 Å². The third kappa shape index (κ3) is 4.19. The molecule has 0 unspecified atom stereocenters. The van der Waals surface area contributed by atoms with Crippen LogP contribution < -0.4 is 5.43 Å². The molecule has 0 saturated heterocycles. The van der Waals surface area contributed by atoms with E-state index in [0.717, 1.165) is 12.5 Å². The van der Waals surface area contributed by atoms with E-state index in [-0.39, 0.29) is 11.4 Å². The van der Waals surface area contributed by atoms with Crippen molar-refractivity contribution in [3.63, 3.8) is 0 Å². The predicted molar refractivity (Wildman–Crippen MR) is 71.3 cm³/mol. The van der Waals surface area contributed by atoms with Crippen molar-refractivity contribution in [3.8, 4) is 0 Å². The van der Waals surface area contributed by atoms with Gasteiger partial charge < -0.3 is 0 Å². The number of hydrazone groups is 1. The molecule has 0 aliphatic rings. The summed E-state index contributed by atoms with van der Waals surface area (Å²) < 4.78 is 0. The fourth-order valence-corrected chi connectivity index (χ4v) is 1.23. The number of anilines is 1. The maximum atomic E-state index is 10.8. The predicted octanol–water partition coefficient (Wildman–Crippen LogP) is 2.87. The summed E-state index contributed by atoms with van der Waals surface area (Å²) in [5.41, 5.74) is 1.83. The highest BCUT2D eigenvalue weighted by molar-refractivity contribution is 5.73. The Hall–Kier alpha value is -2.77. The number of nitro benzene ring substituents is 2. The van der Waals surface area contributed by atoms with Crippen molar-refractivity contribution in [2.24, 2.45) is 5.10 Å². The maximum absolute atomic E-state index is 10.8. The van der Waals surface area contributed by atoms with Crippen LogP contribution in [-0.4, -0.2) is 16.1 Å². The number of nitrogens with one attached hydrogen (secondary N) is 1. The summed E-state index contributed by atoms with van der Waals surface area (Å²) in [7, 11) is 0. The van der Waals surface area contributed by atoms with E-state index in [1.807, 2.05) is 13.0 Å². The average Bonchev–Trinajstić information content (AvgIpc) is 2.38. The van der Waals surface area contributed by atoms with Crippen LogP contribution in [0, 0.1) is 20.2 Å². The smallest absolute Gasteiger partial charge is 0.272 e. The lowest BCUT2D eigenvalue weighted by Gasteiger charge is -2.01. The molecule has 0 aromatic heterocycles. The quantitative estimate of drug-likeness (QED) is 0.482. The van der Waals surface area contributed by atoms with Crippen molar-refractivity contribution in [3.05, 3.63) is 50.6 Å². The zero-order valence-electron chi connectivity index (χ0n) is 10.1. The van der Waals surface area contributed by atoms with Gasteiger partial charge in [-0.3, -0.25) is 25.7 Å². The van der Waals surface area contributed by atoms with Crippen LogP contribution in [0.5, 0.6) is 0 Å². The van der Waals surface area contributed by atoms with Crippen molar-refractivity contribution >= 4 is 23.3 Å². The van der Waals surface area contributed by atoms with Gasteiger partial charge in [0.25, 0.3) is 5.69 Å². The van der Waals surface area contributed by atoms with E-state index in [2.05, 4.69) is 10.5 Å². The Kier molecular flexibility index (Phi) is 5.15. The molecule has 0 aliphatic carbocycles. The minimum atomic E-state index is -0.702. The second-order valence-corrected chi connectivity index (χ2v) is 3.44. The van der Waals surface area contributed by atoms with Crippen LogP contribution in [0.15, 0.2) is 35.5 Å². The molecule has 100 valence electrons. The third-order valence-electron chi connectivity index (χ3n) is 2.11. The standard InChI is InChI=1S/C11H12N4O4/c1-2-3-4-7-12-13-10-6-5-9(14(16)17)8-11(10)15(18)19/h3-8,13H,2H2,1H3/b4-3+,12-7+. The molecule has 0 fully saturated rings. The van der Waals surface area contributed by atoms with Crippen molar-refractivity contribution < 1.29 is 9.85 Å². The van der Waals surface area contributed by atoms with Crippen LogP contribution in [0.1, 0.15) is 13.3 Å². The molecule has 0 radical (unpaired) electrons. The second-order valence-electron chi connectivity index (χ2n) is 3.44. The first-order valence-corrected chi connectivity index (χ1v) is 5.43. The summed E-state index contributed by atoms with van der Waals surface area (Å²) in [6.07, 6.45) is 5.83. The van der Waals surface area contributed by atoms with Gasteiger partial charge in [-0.05, 0) is 18.6 Å². The molecule has 0 heterocycles. The molecule has 0 atom stereocenters. The number of hydrogen-bond donors (Lipinski definition) is 1. The Morgan fingerprint density at radius 2 is 2.05 bits per heavy atom. The normalized spacial score (nSPS) is 11.0. The van der Waals surface area contributed by atoms with Crippen LogP contribution in [0.25, 0.3) is 0 Å². The Balaban J connectivity index is 2.94. The molecule has 19 heavy (non-hydrogen) atoms. The first-order valence-electron chi connectivity index (χ1n) is 5.43. The SMILES string of the molecule is CC/C=C/C=N/Nc1ccc([N+](=O)[O-])cc1[N+](=O)[O-]. The molecule has 0 amide bonds. The van der Waals surface area contributed by atoms with Crippen LogP contribution in [0.4, 0.5) is 17.1 Å². The molecule has 1 aromatic rings. The number of benzene rings is 1. The van der Waals surface area contributed by atoms with Gasteiger partial charge in [0.2, 0.25) is 0 Å². The van der Waals surface area contributed by atoms with Crippen molar-refractivity contribution in [1.29, 1.82) is 0 Å². The van der Waals surface area contributed by atoms with Crippen LogP contribution in [-0.2, 0) is 0 Å². The van der Waals surface area contributed by atoms with E-state index in [0.29, 0.717) is 0 Å². The second kappa shape index (κ2) is 6.84. The molecule has 8 heteroatoms. The van der Waals surface area contributed by atoms with Crippen molar-refractivity contribution in [2.45, 2.75) is 13.3 Å². The highest BCUT2D eigenvalue weighted by Crippen LogP contribution is 2.28. The molecule has 0 saturated carbocycles. The van der Waals surface area contributed by atoms with Gasteiger partial charge in [-0.2, -0.15) is 5.10 Å². The zero-order chi connectivity index (χ0) is 14.3. The number of nitrogens with zero attached hydrogens (tertiary/aromatic N) is 3. The number of allylic oxidation sites excluding steroid dienone is 2. The van der Waals surface area contributed by atoms with Gasteiger partial charge in [0.05, 0.1) is 15.9 Å². The maximum Gasteiger partial charge on any atom is 0.301 e. The number of nitro groups is 2. The molecular weight excluding hydrogens is 252 g/mol. The van der Waals surface area contributed by atoms with E-state index < -0.39 is 15.5 Å². The van der Waals surface area contributed by atoms with Crippen LogP contribution in [0.2, 0.25) is 0 Å². The molecule has 1 N–H and O–H groups in total. The van der Waals surface area contributed by atoms with Gasteiger partial charge in [-0.25, -0.2) is 0 Å². The van der Waals surface area contributed by atoms with E-state index in [4.69, 9.17) is 0 Å². The van der Waals surface area contributed by atoms with Gasteiger partial charge in [-0.15, -0.1) is 0 Å². The fraction of sp³-hybridized carbons (Fsp3) is 0.182. The van der Waals surface area contributed by atoms with E-state index >= 15 is 0 Å². The van der Waals surface area contributed by atoms with Crippen LogP contribution >= 0.6 is 0 Å². The van der Waals surface area contributed by atoms with Gasteiger partial charge in [-0.1, -0.05) is 13.0 Å². The lowest BCUT2D eigenvalue weighted by atomic mass is 10.2. The molecule has 8 nitrogen and oxygen atoms in total. The summed E-state index contributed by atoms with van der Waals surface area (Å²) >= 11 is 0. The van der Waals surface area contributed by atoms with E-state index in [9.17, 15) is 20.2 Å². The first kappa shape index (κ1) is 14.3. The molecular formula is C11H12N4O4. The molecule has 1 aromatic carbocycles. The topological polar surface area (TPSA) is 111 Å². The summed E-state index contributed by atoms with van der Waals surface area (Å²) in [6, 6.07) is 3.31. The Labute approximate surface area is 108 Å². The third-order valence-corrected chi connectivity index (χ3v) is 2.11. The Bertz CT molecular complexity index is 539. The minimum Gasteiger partial charge on any atom is -0.272 e. The highest BCUT2D eigenvalue weighted by atomic mass is 16.6. The van der Waals surface area contributed by atoms with E-state index in [1.54, 1.807) is 6.08 Å². The van der Waals surface area contributed by atoms with E-state index in [1.165, 1.54) is 18.3 Å². The minimum absolute atomic E-state index is 0.0942. The Morgan fingerprint density at radius 1 is 1.32 bits per heavy atom. The molecule has 1 rings (SSSR count). The zero-order valence-corrected chi connectivity index (χ0v) is 10.1. The summed E-state index contributed by atoms with van der Waals surface area (Å²) in [4.78, 5) is 20.0. The monoisotopic (exact) mass is 264 g/mol. The van der Waals surface area contributed by atoms with Gasteiger partial charge in [0, 0.05) is 12.3 Å². The Morgan fingerprint density at radius 3 is 2.63 bits per heavy atom. The summed E-state index contributed by atoms with van der Waals surface area (Å²) in [6.45, 7) is 1.96.